The molecule has 25 heavy (non-hydrogen) atoms. The van der Waals surface area contributed by atoms with E-state index in [2.05, 4.69) is 4.74 Å². The van der Waals surface area contributed by atoms with Gasteiger partial charge >= 0.3 is 11.9 Å². The highest BCUT2D eigenvalue weighted by Gasteiger charge is 2.22. The molecule has 0 fully saturated rings. The van der Waals surface area contributed by atoms with Gasteiger partial charge in [0, 0.05) is 5.56 Å². The first-order chi connectivity index (χ1) is 12.1. The molecule has 0 radical (unpaired) electrons. The smallest absolute Gasteiger partial charge is 0.343 e. The third kappa shape index (κ3) is 3.48. The Hall–Kier alpha value is -3.65. The average Bonchev–Trinajstić information content (AvgIpc) is 3.02. The summed E-state index contributed by atoms with van der Waals surface area (Å²) in [6.07, 6.45) is 3.33. The van der Waals surface area contributed by atoms with E-state index in [1.54, 1.807) is 60.7 Å². The van der Waals surface area contributed by atoms with Crippen molar-refractivity contribution in [1.82, 2.24) is 0 Å². The van der Waals surface area contributed by atoms with Crippen LogP contribution in [0.15, 0.2) is 60.2 Å². The standard InChI is InChI=1S/C20H13NO4/c1-24-19(22)16-8-2-13(3-9-16)10-17-11-18(25-20(17)23)15-6-4-14(12-21)5-7-15/h2-11H,1H3/b17-10-. The predicted molar refractivity (Wildman–Crippen MR) is 91.0 cm³/mol. The molecule has 1 heterocycles. The molecule has 3 rings (SSSR count). The van der Waals surface area contributed by atoms with Crippen LogP contribution < -0.4 is 0 Å². The maximum absolute atomic E-state index is 12.0. The third-order valence-electron chi connectivity index (χ3n) is 3.68. The summed E-state index contributed by atoms with van der Waals surface area (Å²) in [6, 6.07) is 15.5. The van der Waals surface area contributed by atoms with E-state index >= 15 is 0 Å². The van der Waals surface area contributed by atoms with Crippen molar-refractivity contribution in [2.24, 2.45) is 0 Å². The van der Waals surface area contributed by atoms with Crippen LogP contribution in [-0.2, 0) is 14.3 Å². The fourth-order valence-electron chi connectivity index (χ4n) is 2.35. The summed E-state index contributed by atoms with van der Waals surface area (Å²) in [5.41, 5.74) is 2.86. The zero-order valence-corrected chi connectivity index (χ0v) is 13.4. The van der Waals surface area contributed by atoms with Gasteiger partial charge in [0.2, 0.25) is 0 Å². The molecule has 1 aliphatic heterocycles. The second kappa shape index (κ2) is 6.85. The van der Waals surface area contributed by atoms with E-state index in [4.69, 9.17) is 10.00 Å². The summed E-state index contributed by atoms with van der Waals surface area (Å²) in [5, 5.41) is 8.82. The molecule has 0 amide bonds. The number of carbonyl (C=O) groups is 2. The first-order valence-corrected chi connectivity index (χ1v) is 7.45. The van der Waals surface area contributed by atoms with Crippen molar-refractivity contribution in [3.63, 3.8) is 0 Å². The molecule has 0 aromatic heterocycles. The Labute approximate surface area is 144 Å². The van der Waals surface area contributed by atoms with Crippen LogP contribution in [0, 0.1) is 11.3 Å². The first kappa shape index (κ1) is 16.2. The second-order valence-corrected chi connectivity index (χ2v) is 5.30. The molecule has 0 atom stereocenters. The Morgan fingerprint density at radius 3 is 2.40 bits per heavy atom. The van der Waals surface area contributed by atoms with Crippen LogP contribution in [0.25, 0.3) is 11.8 Å². The van der Waals surface area contributed by atoms with Crippen LogP contribution in [0.5, 0.6) is 0 Å². The van der Waals surface area contributed by atoms with Crippen molar-refractivity contribution in [2.75, 3.05) is 7.11 Å². The molecule has 0 unspecified atom stereocenters. The average molecular weight is 331 g/mol. The summed E-state index contributed by atoms with van der Waals surface area (Å²) in [4.78, 5) is 23.5. The van der Waals surface area contributed by atoms with Crippen molar-refractivity contribution in [2.45, 2.75) is 0 Å². The third-order valence-corrected chi connectivity index (χ3v) is 3.68. The van der Waals surface area contributed by atoms with Crippen LogP contribution in [0.1, 0.15) is 27.0 Å². The number of methoxy groups -OCH3 is 1. The molecule has 0 bridgehead atoms. The van der Waals surface area contributed by atoms with Crippen molar-refractivity contribution in [3.05, 3.63) is 82.4 Å². The van der Waals surface area contributed by atoms with E-state index in [-0.39, 0.29) is 0 Å². The SMILES string of the molecule is COC(=O)c1ccc(/C=C2/C=C(c3ccc(C#N)cc3)OC2=O)cc1. The van der Waals surface area contributed by atoms with Crippen molar-refractivity contribution in [3.8, 4) is 6.07 Å². The van der Waals surface area contributed by atoms with Crippen molar-refractivity contribution < 1.29 is 19.1 Å². The summed E-state index contributed by atoms with van der Waals surface area (Å²) in [5.74, 6) is -0.425. The summed E-state index contributed by atoms with van der Waals surface area (Å²) in [7, 11) is 1.32. The molecular formula is C20H13NO4. The number of cyclic esters (lactones) is 1. The van der Waals surface area contributed by atoms with Gasteiger partial charge in [0.1, 0.15) is 5.76 Å². The normalized spacial score (nSPS) is 14.6. The molecule has 5 heteroatoms. The largest absolute Gasteiger partial charge is 0.465 e. The lowest BCUT2D eigenvalue weighted by molar-refractivity contribution is -0.130. The van der Waals surface area contributed by atoms with Crippen molar-refractivity contribution >= 4 is 23.8 Å². The zero-order chi connectivity index (χ0) is 17.8. The Bertz CT molecular complexity index is 929. The number of benzene rings is 2. The second-order valence-electron chi connectivity index (χ2n) is 5.30. The molecular weight excluding hydrogens is 318 g/mol. The molecule has 0 spiro atoms. The number of hydrogen-bond donors (Lipinski definition) is 0. The fraction of sp³-hybridized carbons (Fsp3) is 0.0500. The molecule has 0 aliphatic carbocycles. The fourth-order valence-corrected chi connectivity index (χ4v) is 2.35. The topological polar surface area (TPSA) is 76.4 Å². The lowest BCUT2D eigenvalue weighted by atomic mass is 10.1. The maximum atomic E-state index is 12.0. The van der Waals surface area contributed by atoms with Gasteiger partial charge in [-0.3, -0.25) is 0 Å². The van der Waals surface area contributed by atoms with E-state index in [0.29, 0.717) is 22.5 Å². The Morgan fingerprint density at radius 1 is 1.12 bits per heavy atom. The van der Waals surface area contributed by atoms with Crippen LogP contribution in [0.4, 0.5) is 0 Å². The number of esters is 2. The Morgan fingerprint density at radius 2 is 1.80 bits per heavy atom. The highest BCUT2D eigenvalue weighted by Crippen LogP contribution is 2.27. The predicted octanol–water partition coefficient (Wildman–Crippen LogP) is 3.33. The van der Waals surface area contributed by atoms with Crippen molar-refractivity contribution in [1.29, 1.82) is 5.26 Å². The van der Waals surface area contributed by atoms with Crippen LogP contribution in [0.2, 0.25) is 0 Å². The number of nitrogens with zero attached hydrogens (tertiary/aromatic N) is 1. The van der Waals surface area contributed by atoms with E-state index in [1.807, 2.05) is 6.07 Å². The molecule has 2 aromatic rings. The zero-order valence-electron chi connectivity index (χ0n) is 13.4. The molecule has 0 N–H and O–H groups in total. The molecule has 2 aromatic carbocycles. The quantitative estimate of drug-likeness (QED) is 0.637. The highest BCUT2D eigenvalue weighted by molar-refractivity contribution is 6.05. The van der Waals surface area contributed by atoms with Gasteiger partial charge < -0.3 is 9.47 Å². The highest BCUT2D eigenvalue weighted by atomic mass is 16.5. The lowest BCUT2D eigenvalue weighted by Crippen LogP contribution is -2.00. The molecule has 0 saturated heterocycles. The minimum Gasteiger partial charge on any atom is -0.465 e. The summed E-state index contributed by atoms with van der Waals surface area (Å²) < 4.78 is 9.93. The minimum absolute atomic E-state index is 0.408. The first-order valence-electron chi connectivity index (χ1n) is 7.45. The molecule has 0 saturated carbocycles. The van der Waals surface area contributed by atoms with Gasteiger partial charge in [0.05, 0.1) is 29.9 Å². The summed E-state index contributed by atoms with van der Waals surface area (Å²) >= 11 is 0. The summed E-state index contributed by atoms with van der Waals surface area (Å²) in [6.45, 7) is 0. The number of rotatable bonds is 3. The number of nitriles is 1. The van der Waals surface area contributed by atoms with Gasteiger partial charge in [-0.05, 0) is 54.1 Å². The number of ether oxygens (including phenoxy) is 2. The van der Waals surface area contributed by atoms with E-state index in [0.717, 1.165) is 11.1 Å². The molecule has 122 valence electrons. The van der Waals surface area contributed by atoms with Crippen LogP contribution in [-0.4, -0.2) is 19.0 Å². The van der Waals surface area contributed by atoms with Crippen LogP contribution in [0.3, 0.4) is 0 Å². The Balaban J connectivity index is 1.85. The van der Waals surface area contributed by atoms with Gasteiger partial charge in [-0.25, -0.2) is 9.59 Å². The van der Waals surface area contributed by atoms with Gasteiger partial charge in [0.25, 0.3) is 0 Å². The van der Waals surface area contributed by atoms with Gasteiger partial charge in [0.15, 0.2) is 0 Å². The van der Waals surface area contributed by atoms with Gasteiger partial charge in [-0.1, -0.05) is 12.1 Å². The van der Waals surface area contributed by atoms with Crippen LogP contribution >= 0.6 is 0 Å². The van der Waals surface area contributed by atoms with E-state index in [9.17, 15) is 9.59 Å². The number of carbonyl (C=O) groups excluding carboxylic acids is 2. The van der Waals surface area contributed by atoms with E-state index in [1.165, 1.54) is 7.11 Å². The minimum atomic E-state index is -0.448. The molecule has 5 nitrogen and oxygen atoms in total. The van der Waals surface area contributed by atoms with Gasteiger partial charge in [-0.2, -0.15) is 5.26 Å². The molecule has 1 aliphatic rings. The van der Waals surface area contributed by atoms with Gasteiger partial charge in [-0.15, -0.1) is 0 Å². The lowest BCUT2D eigenvalue weighted by Gasteiger charge is -2.01. The monoisotopic (exact) mass is 331 g/mol. The maximum Gasteiger partial charge on any atom is 0.343 e. The Kier molecular flexibility index (Phi) is 4.44. The number of hydrogen-bond acceptors (Lipinski definition) is 5. The van der Waals surface area contributed by atoms with E-state index < -0.39 is 11.9 Å².